The van der Waals surface area contributed by atoms with Crippen LogP contribution in [0.2, 0.25) is 5.02 Å². The van der Waals surface area contributed by atoms with Crippen LogP contribution in [0.1, 0.15) is 47.9 Å². The normalized spacial score (nSPS) is 16.7. The van der Waals surface area contributed by atoms with E-state index in [1.165, 1.54) is 18.3 Å². The van der Waals surface area contributed by atoms with Gasteiger partial charge in [0.2, 0.25) is 0 Å². The molecule has 224 valence electrons. The number of ether oxygens (including phenoxy) is 5. The van der Waals surface area contributed by atoms with Crippen molar-refractivity contribution in [1.29, 1.82) is 0 Å². The number of likely N-dealkylation sites (N-methyl/N-ethyl adjacent to an activating group) is 1. The summed E-state index contributed by atoms with van der Waals surface area (Å²) in [6, 6.07) is 7.80. The highest BCUT2D eigenvalue weighted by atomic mass is 35.5. The minimum atomic E-state index is -0.668. The molecule has 4 N–H and O–H groups in total. The maximum absolute atomic E-state index is 13.1. The van der Waals surface area contributed by atoms with Crippen LogP contribution in [0.25, 0.3) is 0 Å². The van der Waals surface area contributed by atoms with Gasteiger partial charge in [-0.05, 0) is 45.0 Å². The number of nitrogens with zero attached hydrogens (tertiary/aromatic N) is 1. The van der Waals surface area contributed by atoms with Crippen LogP contribution in [0.5, 0.6) is 23.0 Å². The van der Waals surface area contributed by atoms with Crippen molar-refractivity contribution in [2.24, 2.45) is 0 Å². The first kappa shape index (κ1) is 30.7. The maximum Gasteiger partial charge on any atom is 0.411 e. The number of hydrogen-bond acceptors (Lipinski definition) is 8. The minimum Gasteiger partial charge on any atom is -0.489 e. The molecule has 0 aromatic heterocycles. The molecule has 42 heavy (non-hydrogen) atoms. The zero-order chi connectivity index (χ0) is 30.4. The third kappa shape index (κ3) is 8.14. The number of carbonyl (C=O) groups excluding carboxylic acids is 3. The molecule has 1 unspecified atom stereocenters. The summed E-state index contributed by atoms with van der Waals surface area (Å²) in [6.45, 7) is 6.88. The summed E-state index contributed by atoms with van der Waals surface area (Å²) in [7, 11) is 1.68. The second-order valence-electron chi connectivity index (χ2n) is 10.6. The topological polar surface area (TPSA) is 150 Å². The predicted octanol–water partition coefficient (Wildman–Crippen LogP) is 2.69. The first-order chi connectivity index (χ1) is 19.9. The first-order valence-electron chi connectivity index (χ1n) is 13.3. The first-order valence-corrected chi connectivity index (χ1v) is 13.7. The van der Waals surface area contributed by atoms with Crippen molar-refractivity contribution in [3.05, 3.63) is 58.8 Å². The van der Waals surface area contributed by atoms with Gasteiger partial charge in [0.15, 0.2) is 5.75 Å². The quantitative estimate of drug-likeness (QED) is 0.324. The van der Waals surface area contributed by atoms with E-state index in [1.807, 2.05) is 0 Å². The van der Waals surface area contributed by atoms with E-state index >= 15 is 0 Å². The highest BCUT2D eigenvalue weighted by molar-refractivity contribution is 6.34. The van der Waals surface area contributed by atoms with E-state index in [-0.39, 0.29) is 52.3 Å². The Bertz CT molecular complexity index is 1400. The maximum atomic E-state index is 13.1. The minimum absolute atomic E-state index is 0.0328. The summed E-state index contributed by atoms with van der Waals surface area (Å²) in [5, 5.41) is 11.0. The molecule has 1 fully saturated rings. The van der Waals surface area contributed by atoms with Gasteiger partial charge in [0.05, 0.1) is 30.9 Å². The van der Waals surface area contributed by atoms with E-state index in [0.29, 0.717) is 37.5 Å². The molecule has 3 amide bonds. The van der Waals surface area contributed by atoms with Gasteiger partial charge >= 0.3 is 12.0 Å². The fourth-order valence-electron chi connectivity index (χ4n) is 4.03. The third-order valence-corrected chi connectivity index (χ3v) is 6.35. The lowest BCUT2D eigenvalue weighted by molar-refractivity contribution is -0.115. The van der Waals surface area contributed by atoms with Gasteiger partial charge in [0, 0.05) is 31.8 Å². The van der Waals surface area contributed by atoms with Crippen LogP contribution in [-0.2, 0) is 9.47 Å². The Morgan fingerprint density at radius 2 is 1.93 bits per heavy atom. The molecule has 1 atom stereocenters. The van der Waals surface area contributed by atoms with Crippen LogP contribution in [-0.4, -0.2) is 73.8 Å². The lowest BCUT2D eigenvalue weighted by Gasteiger charge is -2.18. The van der Waals surface area contributed by atoms with Crippen LogP contribution in [0.4, 0.5) is 4.79 Å². The number of benzene rings is 2. The number of rotatable bonds is 7. The molecule has 0 spiro atoms. The molecule has 12 nitrogen and oxygen atoms in total. The van der Waals surface area contributed by atoms with E-state index in [4.69, 9.17) is 40.7 Å². The Balaban J connectivity index is 1.53. The van der Waals surface area contributed by atoms with Crippen molar-refractivity contribution in [3.8, 4) is 23.0 Å². The van der Waals surface area contributed by atoms with Crippen LogP contribution in [0, 0.1) is 0 Å². The van der Waals surface area contributed by atoms with E-state index in [9.17, 15) is 14.4 Å². The molecule has 2 aromatic carbocycles. The average Bonchev–Trinajstić information content (AvgIpc) is 3.37. The highest BCUT2D eigenvalue weighted by Gasteiger charge is 2.26. The Kier molecular flexibility index (Phi) is 9.59. The van der Waals surface area contributed by atoms with E-state index in [0.717, 1.165) is 0 Å². The number of nitrogens with two attached hydrogens (primary N) is 1. The van der Waals surface area contributed by atoms with Crippen molar-refractivity contribution >= 4 is 35.3 Å². The zero-order valence-electron chi connectivity index (χ0n) is 23.8. The fourth-order valence-corrected chi connectivity index (χ4v) is 4.28. The van der Waals surface area contributed by atoms with Crippen LogP contribution >= 0.6 is 11.6 Å². The van der Waals surface area contributed by atoms with Crippen molar-refractivity contribution in [2.45, 2.75) is 38.9 Å². The number of carbonyl (C=O) groups is 3. The Morgan fingerprint density at radius 1 is 1.17 bits per heavy atom. The Labute approximate surface area is 248 Å². The number of hydrogen-bond donors (Lipinski definition) is 3. The summed E-state index contributed by atoms with van der Waals surface area (Å²) in [5.41, 5.74) is -0.161. The molecular weight excluding hydrogens is 568 g/mol. The van der Waals surface area contributed by atoms with Gasteiger partial charge in [-0.2, -0.15) is 0 Å². The average molecular weight is 602 g/mol. The SMILES string of the molecule is CN1CCOc2c(ccc(Oc3cc(OC4CCOC4)cc(C(=O)NC(=[NH2+])/C=C\NC(=O)OC(C)(C)C)c3)c2Cl)C1=O. The molecule has 2 aliphatic heterocycles. The molecule has 13 heteroatoms. The number of halogens is 1. The molecular formula is C29H34ClN4O8+. The standard InChI is InChI=1S/C29H33ClN4O8/c1-29(2,3)42-28(37)32-9-7-23(31)33-26(35)17-13-19(40-18-8-11-38-16-18)15-20(14-17)41-22-6-5-21-25(24(22)30)39-12-10-34(4)27(21)36/h5-7,9,13-15,18H,8,10-12,16H2,1-4H3,(H,32,37)(H2,31,33,35)/p+1/b9-7-. The van der Waals surface area contributed by atoms with Crippen LogP contribution in [0.3, 0.4) is 0 Å². The monoisotopic (exact) mass is 601 g/mol. The Hall–Kier alpha value is -4.29. The zero-order valence-corrected chi connectivity index (χ0v) is 24.6. The van der Waals surface area contributed by atoms with Crippen molar-refractivity contribution in [2.75, 3.05) is 33.4 Å². The highest BCUT2D eigenvalue weighted by Crippen LogP contribution is 2.41. The van der Waals surface area contributed by atoms with E-state index in [2.05, 4.69) is 10.6 Å². The molecule has 0 aliphatic carbocycles. The van der Waals surface area contributed by atoms with Gasteiger partial charge in [-0.25, -0.2) is 14.9 Å². The number of nitrogens with one attached hydrogen (secondary N) is 2. The second kappa shape index (κ2) is 13.1. The number of fused-ring (bicyclic) bond motifs is 1. The predicted molar refractivity (Wildman–Crippen MR) is 153 cm³/mol. The van der Waals surface area contributed by atoms with Gasteiger partial charge < -0.3 is 28.6 Å². The van der Waals surface area contributed by atoms with Gasteiger partial charge in [-0.1, -0.05) is 11.6 Å². The molecule has 2 aliphatic rings. The molecule has 4 rings (SSSR count). The largest absolute Gasteiger partial charge is 0.489 e. The number of alkyl carbamates (subject to hydrolysis) is 1. The van der Waals surface area contributed by atoms with Crippen LogP contribution < -0.4 is 30.3 Å². The number of amidine groups is 1. The van der Waals surface area contributed by atoms with Crippen LogP contribution in [0.15, 0.2) is 42.6 Å². The summed E-state index contributed by atoms with van der Waals surface area (Å²) in [6.07, 6.45) is 2.40. The van der Waals surface area contributed by atoms with Gasteiger partial charge in [-0.3, -0.25) is 15.5 Å². The molecule has 1 saturated heterocycles. The summed E-state index contributed by atoms with van der Waals surface area (Å²) in [4.78, 5) is 39.1. The second-order valence-corrected chi connectivity index (χ2v) is 11.0. The van der Waals surface area contributed by atoms with Gasteiger partial charge in [0.25, 0.3) is 11.7 Å². The van der Waals surface area contributed by atoms with Crippen molar-refractivity contribution in [3.63, 3.8) is 0 Å². The van der Waals surface area contributed by atoms with E-state index in [1.54, 1.807) is 57.0 Å². The Morgan fingerprint density at radius 3 is 2.64 bits per heavy atom. The summed E-state index contributed by atoms with van der Waals surface area (Å²) < 4.78 is 28.4. The summed E-state index contributed by atoms with van der Waals surface area (Å²) in [5.74, 6) is 0.262. The molecule has 0 bridgehead atoms. The summed E-state index contributed by atoms with van der Waals surface area (Å²) >= 11 is 6.60. The lowest BCUT2D eigenvalue weighted by atomic mass is 10.1. The smallest absolute Gasteiger partial charge is 0.411 e. The molecule has 0 saturated carbocycles. The van der Waals surface area contributed by atoms with Gasteiger partial charge in [0.1, 0.15) is 40.6 Å². The number of amides is 3. The van der Waals surface area contributed by atoms with Crippen molar-refractivity contribution < 1.29 is 43.5 Å². The van der Waals surface area contributed by atoms with E-state index < -0.39 is 17.6 Å². The molecule has 2 aromatic rings. The molecule has 0 radical (unpaired) electrons. The van der Waals surface area contributed by atoms with Gasteiger partial charge in [-0.15, -0.1) is 0 Å². The third-order valence-electron chi connectivity index (χ3n) is 5.99. The fraction of sp³-hybridized carbons (Fsp3) is 0.379. The molecule has 2 heterocycles. The van der Waals surface area contributed by atoms with Crippen molar-refractivity contribution in [1.82, 2.24) is 15.5 Å². The lowest BCUT2D eigenvalue weighted by Crippen LogP contribution is -2.50.